The second kappa shape index (κ2) is 15.9. The zero-order valence-electron chi connectivity index (χ0n) is 34.4. The fourth-order valence-electron chi connectivity index (χ4n) is 9.43. The summed E-state index contributed by atoms with van der Waals surface area (Å²) in [6.07, 6.45) is 0. The van der Waals surface area contributed by atoms with E-state index >= 15 is 0 Å². The van der Waals surface area contributed by atoms with Gasteiger partial charge in [0.15, 0.2) is 5.82 Å². The highest BCUT2D eigenvalue weighted by atomic mass is 14.9. The van der Waals surface area contributed by atoms with Crippen LogP contribution in [0, 0.1) is 11.3 Å². The Kier molecular flexibility index (Phi) is 9.45. The summed E-state index contributed by atoms with van der Waals surface area (Å²) in [4.78, 5) is 10.5. The highest BCUT2D eigenvalue weighted by molar-refractivity contribution is 5.90. The van der Waals surface area contributed by atoms with Gasteiger partial charge in [0.05, 0.1) is 28.4 Å². The molecular weight excluding hydrogens is 763 g/mol. The molecule has 11 rings (SSSR count). The molecule has 294 valence electrons. The molecule has 3 nitrogen and oxygen atoms in total. The first kappa shape index (κ1) is 37.5. The molecule has 1 aromatic heterocycles. The van der Waals surface area contributed by atoms with Gasteiger partial charge < -0.3 is 0 Å². The lowest BCUT2D eigenvalue weighted by Crippen LogP contribution is -2.28. The van der Waals surface area contributed by atoms with Crippen LogP contribution < -0.4 is 0 Å². The van der Waals surface area contributed by atoms with E-state index in [9.17, 15) is 5.26 Å². The van der Waals surface area contributed by atoms with Gasteiger partial charge in [0.25, 0.3) is 0 Å². The van der Waals surface area contributed by atoms with E-state index in [4.69, 9.17) is 9.97 Å². The van der Waals surface area contributed by atoms with Crippen LogP contribution in [0.1, 0.15) is 27.8 Å². The summed E-state index contributed by atoms with van der Waals surface area (Å²) in [5, 5.41) is 10.0. The summed E-state index contributed by atoms with van der Waals surface area (Å²) in [5.74, 6) is 0.669. The summed E-state index contributed by atoms with van der Waals surface area (Å²) >= 11 is 0. The molecule has 1 aliphatic rings. The third-order valence-corrected chi connectivity index (χ3v) is 12.4. The molecular formula is C60H39N3. The average molecular weight is 802 g/mol. The summed E-state index contributed by atoms with van der Waals surface area (Å²) in [5.41, 5.74) is 18.4. The van der Waals surface area contributed by atoms with E-state index < -0.39 is 5.41 Å². The van der Waals surface area contributed by atoms with Gasteiger partial charge in [-0.3, -0.25) is 0 Å². The van der Waals surface area contributed by atoms with Crippen molar-refractivity contribution in [3.63, 3.8) is 0 Å². The third-order valence-electron chi connectivity index (χ3n) is 12.4. The maximum atomic E-state index is 10.0. The minimum Gasteiger partial charge on any atom is -0.228 e. The molecule has 0 saturated carbocycles. The van der Waals surface area contributed by atoms with Crippen molar-refractivity contribution in [1.29, 1.82) is 5.26 Å². The SMILES string of the molecule is N#Cc1ccc2c(c1)-c1ccc(-c3cccc(-c4cc(-c5cc(-c6ccccc6)cc(-c6ccccc6)c5)nc(-c5ccccc5)n4)c3)cc1C2(c1ccccc1)c1ccccc1. The molecule has 0 bridgehead atoms. The molecule has 3 heteroatoms. The van der Waals surface area contributed by atoms with Crippen LogP contribution in [0.25, 0.3) is 78.4 Å². The summed E-state index contributed by atoms with van der Waals surface area (Å²) in [6.45, 7) is 0. The Hall–Kier alpha value is -8.45. The second-order valence-electron chi connectivity index (χ2n) is 16.1. The van der Waals surface area contributed by atoms with Crippen molar-refractivity contribution in [2.24, 2.45) is 0 Å². The van der Waals surface area contributed by atoms with Gasteiger partial charge in [-0.25, -0.2) is 9.97 Å². The second-order valence-corrected chi connectivity index (χ2v) is 16.1. The van der Waals surface area contributed by atoms with Crippen molar-refractivity contribution < 1.29 is 0 Å². The highest BCUT2D eigenvalue weighted by Crippen LogP contribution is 2.57. The lowest BCUT2D eigenvalue weighted by molar-refractivity contribution is 0.768. The van der Waals surface area contributed by atoms with Gasteiger partial charge in [-0.2, -0.15) is 5.26 Å². The number of benzene rings is 9. The normalized spacial score (nSPS) is 12.2. The Labute approximate surface area is 368 Å². The van der Waals surface area contributed by atoms with Gasteiger partial charge in [0.2, 0.25) is 0 Å². The molecule has 0 fully saturated rings. The van der Waals surface area contributed by atoms with E-state index in [1.165, 1.54) is 22.3 Å². The lowest BCUT2D eigenvalue weighted by Gasteiger charge is -2.34. The van der Waals surface area contributed by atoms with Crippen LogP contribution in [0.4, 0.5) is 0 Å². The number of hydrogen-bond donors (Lipinski definition) is 0. The smallest absolute Gasteiger partial charge is 0.160 e. The molecule has 63 heavy (non-hydrogen) atoms. The first-order valence-electron chi connectivity index (χ1n) is 21.3. The maximum absolute atomic E-state index is 10.0. The van der Waals surface area contributed by atoms with Gasteiger partial charge in [-0.15, -0.1) is 0 Å². The largest absolute Gasteiger partial charge is 0.228 e. The van der Waals surface area contributed by atoms with Crippen molar-refractivity contribution in [2.75, 3.05) is 0 Å². The molecule has 0 spiro atoms. The first-order chi connectivity index (χ1) is 31.2. The Balaban J connectivity index is 1.08. The fraction of sp³-hybridized carbons (Fsp3) is 0.0167. The van der Waals surface area contributed by atoms with Gasteiger partial charge in [0.1, 0.15) is 0 Å². The minimum absolute atomic E-state index is 0.589. The number of rotatable bonds is 8. The molecule has 0 amide bonds. The molecule has 0 aliphatic heterocycles. The van der Waals surface area contributed by atoms with Gasteiger partial charge in [-0.1, -0.05) is 188 Å². The zero-order valence-corrected chi connectivity index (χ0v) is 34.4. The van der Waals surface area contributed by atoms with Crippen LogP contribution in [0.5, 0.6) is 0 Å². The topological polar surface area (TPSA) is 49.6 Å². The van der Waals surface area contributed by atoms with E-state index in [1.54, 1.807) is 0 Å². The molecule has 0 saturated heterocycles. The Morgan fingerprint density at radius 1 is 0.317 bits per heavy atom. The molecule has 10 aromatic rings. The molecule has 1 aliphatic carbocycles. The van der Waals surface area contributed by atoms with Crippen molar-refractivity contribution >= 4 is 0 Å². The number of hydrogen-bond acceptors (Lipinski definition) is 3. The van der Waals surface area contributed by atoms with E-state index in [-0.39, 0.29) is 0 Å². The highest BCUT2D eigenvalue weighted by Gasteiger charge is 2.46. The Bertz CT molecular complexity index is 3220. The van der Waals surface area contributed by atoms with E-state index in [2.05, 4.69) is 218 Å². The summed E-state index contributed by atoms with van der Waals surface area (Å²) in [7, 11) is 0. The van der Waals surface area contributed by atoms with Gasteiger partial charge in [0, 0.05) is 16.7 Å². The fourth-order valence-corrected chi connectivity index (χ4v) is 9.43. The van der Waals surface area contributed by atoms with Crippen LogP contribution >= 0.6 is 0 Å². The first-order valence-corrected chi connectivity index (χ1v) is 21.3. The minimum atomic E-state index is -0.589. The molecule has 0 atom stereocenters. The summed E-state index contributed by atoms with van der Waals surface area (Å²) in [6, 6.07) is 85.8. The monoisotopic (exact) mass is 801 g/mol. The number of fused-ring (bicyclic) bond motifs is 3. The standard InChI is InChI=1S/C60H39N3/c61-40-41-29-32-55-54(33-41)53-31-30-46(38-56(53)60(55,51-25-12-4-13-26-51)52-27-14-5-15-28-52)45-23-16-24-47(34-45)57-39-58(63-59(62-57)44-21-10-3-11-22-44)50-36-48(42-17-6-1-7-18-42)35-49(37-50)43-19-8-2-9-20-43/h1-39H. The van der Waals surface area contributed by atoms with Crippen LogP contribution in [-0.2, 0) is 5.41 Å². The number of aromatic nitrogens is 2. The number of nitrogens with zero attached hydrogens (tertiary/aromatic N) is 3. The van der Waals surface area contributed by atoms with Crippen LogP contribution in [-0.4, -0.2) is 9.97 Å². The molecule has 0 radical (unpaired) electrons. The van der Waals surface area contributed by atoms with E-state index in [1.807, 2.05) is 24.3 Å². The third kappa shape index (κ3) is 6.72. The predicted molar refractivity (Wildman–Crippen MR) is 257 cm³/mol. The lowest BCUT2D eigenvalue weighted by atomic mass is 9.67. The van der Waals surface area contributed by atoms with Crippen molar-refractivity contribution in [3.05, 3.63) is 264 Å². The van der Waals surface area contributed by atoms with Crippen molar-refractivity contribution in [2.45, 2.75) is 5.41 Å². The summed E-state index contributed by atoms with van der Waals surface area (Å²) < 4.78 is 0. The van der Waals surface area contributed by atoms with Gasteiger partial charge in [-0.05, 0) is 115 Å². The molecule has 0 unspecified atom stereocenters. The zero-order chi connectivity index (χ0) is 42.2. The Morgan fingerprint density at radius 2 is 0.794 bits per heavy atom. The van der Waals surface area contributed by atoms with Crippen LogP contribution in [0.2, 0.25) is 0 Å². The molecule has 1 heterocycles. The van der Waals surface area contributed by atoms with Crippen LogP contribution in [0.15, 0.2) is 237 Å². The van der Waals surface area contributed by atoms with Crippen molar-refractivity contribution in [3.8, 4) is 84.5 Å². The number of nitriles is 1. The van der Waals surface area contributed by atoms with Gasteiger partial charge >= 0.3 is 0 Å². The average Bonchev–Trinajstić information content (AvgIpc) is 3.67. The quantitative estimate of drug-likeness (QED) is 0.154. The van der Waals surface area contributed by atoms with Crippen molar-refractivity contribution in [1.82, 2.24) is 9.97 Å². The van der Waals surface area contributed by atoms with Crippen LogP contribution in [0.3, 0.4) is 0 Å². The molecule has 9 aromatic carbocycles. The molecule has 0 N–H and O–H groups in total. The Morgan fingerprint density at radius 3 is 1.38 bits per heavy atom. The maximum Gasteiger partial charge on any atom is 0.160 e. The van der Waals surface area contributed by atoms with E-state index in [0.717, 1.165) is 72.6 Å². The predicted octanol–water partition coefficient (Wildman–Crippen LogP) is 14.7. The van der Waals surface area contributed by atoms with E-state index in [0.29, 0.717) is 11.4 Å².